The van der Waals surface area contributed by atoms with Crippen molar-refractivity contribution in [2.45, 2.75) is 18.9 Å². The summed E-state index contributed by atoms with van der Waals surface area (Å²) >= 11 is 0. The molecule has 3 N–H and O–H groups in total. The molecule has 1 unspecified atom stereocenters. The molecule has 0 fully saturated rings. The second kappa shape index (κ2) is 11.4. The van der Waals surface area contributed by atoms with E-state index >= 15 is 0 Å². The highest BCUT2D eigenvalue weighted by Gasteiger charge is 2.10. The van der Waals surface area contributed by atoms with Gasteiger partial charge in [0, 0.05) is 33.6 Å². The summed E-state index contributed by atoms with van der Waals surface area (Å²) in [4.78, 5) is 3.96. The van der Waals surface area contributed by atoms with Crippen LogP contribution in [0.5, 0.6) is 0 Å². The minimum Gasteiger partial charge on any atom is -0.400 e. The highest BCUT2D eigenvalue weighted by molar-refractivity contribution is 5.65. The van der Waals surface area contributed by atoms with E-state index < -0.39 is 0 Å². The Labute approximate surface area is 130 Å². The molecule has 0 aromatic carbocycles. The minimum atomic E-state index is 0.0970. The number of fused-ring (bicyclic) bond motifs is 1. The molecule has 0 saturated carbocycles. The van der Waals surface area contributed by atoms with E-state index in [2.05, 4.69) is 16.7 Å². The van der Waals surface area contributed by atoms with Crippen molar-refractivity contribution in [1.29, 1.82) is 5.26 Å². The number of aliphatic hydroxyl groups excluding tert-OH is 1. The highest BCUT2D eigenvalue weighted by atomic mass is 16.5. The SMILES string of the molecule is C#N.CO.COCC(CCc1ccc2c(N)ncnn12)OC. The number of aromatic nitrogens is 3. The molecule has 2 aromatic rings. The number of aliphatic hydroxyl groups is 1. The number of rotatable bonds is 6. The Balaban J connectivity index is 0.00000102. The summed E-state index contributed by atoms with van der Waals surface area (Å²) in [5.41, 5.74) is 7.72. The molecule has 2 heterocycles. The number of aryl methyl sites for hydroxylation is 1. The molecule has 8 heteroatoms. The van der Waals surface area contributed by atoms with Gasteiger partial charge in [-0.2, -0.15) is 5.10 Å². The van der Waals surface area contributed by atoms with Crippen LogP contribution in [0, 0.1) is 11.8 Å². The maximum absolute atomic E-state index is 7.00. The van der Waals surface area contributed by atoms with E-state index in [-0.39, 0.29) is 6.10 Å². The molecule has 0 aliphatic rings. The van der Waals surface area contributed by atoms with Crippen LogP contribution >= 0.6 is 0 Å². The van der Waals surface area contributed by atoms with E-state index in [1.54, 1.807) is 14.2 Å². The fourth-order valence-electron chi connectivity index (χ4n) is 1.96. The van der Waals surface area contributed by atoms with Gasteiger partial charge in [0.2, 0.25) is 0 Å². The Bertz CT molecular complexity index is 556. The quantitative estimate of drug-likeness (QED) is 0.804. The average molecular weight is 309 g/mol. The summed E-state index contributed by atoms with van der Waals surface area (Å²) in [7, 11) is 4.37. The van der Waals surface area contributed by atoms with Gasteiger partial charge >= 0.3 is 0 Å². The topological polar surface area (TPSA) is 119 Å². The van der Waals surface area contributed by atoms with E-state index in [9.17, 15) is 0 Å². The van der Waals surface area contributed by atoms with Gasteiger partial charge in [-0.1, -0.05) is 0 Å². The van der Waals surface area contributed by atoms with Crippen molar-refractivity contribution in [2.75, 3.05) is 33.7 Å². The summed E-state index contributed by atoms with van der Waals surface area (Å²) in [6.45, 7) is 4.09. The van der Waals surface area contributed by atoms with E-state index in [4.69, 9.17) is 25.6 Å². The molecule has 8 nitrogen and oxygen atoms in total. The van der Waals surface area contributed by atoms with E-state index in [0.29, 0.717) is 12.4 Å². The van der Waals surface area contributed by atoms with Gasteiger partial charge in [0.1, 0.15) is 11.8 Å². The number of hydrogen-bond acceptors (Lipinski definition) is 7. The maximum atomic E-state index is 7.00. The van der Waals surface area contributed by atoms with Crippen LogP contribution in [-0.2, 0) is 15.9 Å². The molecule has 2 aromatic heterocycles. The van der Waals surface area contributed by atoms with Crippen LogP contribution in [0.2, 0.25) is 0 Å². The van der Waals surface area contributed by atoms with Crippen LogP contribution in [0.4, 0.5) is 5.82 Å². The predicted octanol–water partition coefficient (Wildman–Crippen LogP) is 0.654. The van der Waals surface area contributed by atoms with Gasteiger partial charge in [-0.05, 0) is 25.0 Å². The molecular weight excluding hydrogens is 286 g/mol. The number of nitrogens with zero attached hydrogens (tertiary/aromatic N) is 4. The van der Waals surface area contributed by atoms with Crippen molar-refractivity contribution in [3.8, 4) is 6.57 Å². The van der Waals surface area contributed by atoms with Gasteiger partial charge in [-0.15, -0.1) is 0 Å². The number of ether oxygens (including phenoxy) is 2. The first-order valence-corrected chi connectivity index (χ1v) is 6.55. The van der Waals surface area contributed by atoms with Crippen LogP contribution in [0.1, 0.15) is 12.1 Å². The first-order valence-electron chi connectivity index (χ1n) is 6.55. The van der Waals surface area contributed by atoms with Crippen molar-refractivity contribution in [1.82, 2.24) is 14.6 Å². The van der Waals surface area contributed by atoms with E-state index in [1.165, 1.54) is 6.33 Å². The zero-order valence-corrected chi connectivity index (χ0v) is 13.1. The smallest absolute Gasteiger partial charge is 0.151 e. The van der Waals surface area contributed by atoms with E-state index in [1.807, 2.05) is 16.6 Å². The molecule has 1 atom stereocenters. The molecule has 2 rings (SSSR count). The highest BCUT2D eigenvalue weighted by Crippen LogP contribution is 2.15. The third-order valence-corrected chi connectivity index (χ3v) is 2.97. The number of nitrogen functional groups attached to an aromatic ring is 1. The maximum Gasteiger partial charge on any atom is 0.151 e. The van der Waals surface area contributed by atoms with Gasteiger partial charge in [-0.25, -0.2) is 14.8 Å². The lowest BCUT2D eigenvalue weighted by Crippen LogP contribution is -2.18. The molecule has 0 aliphatic carbocycles. The molecule has 0 saturated heterocycles. The molecule has 122 valence electrons. The lowest BCUT2D eigenvalue weighted by Gasteiger charge is -2.13. The summed E-state index contributed by atoms with van der Waals surface area (Å²) < 4.78 is 12.2. The summed E-state index contributed by atoms with van der Waals surface area (Å²) in [5.74, 6) is 0.497. The molecule has 0 bridgehead atoms. The van der Waals surface area contributed by atoms with Crippen LogP contribution in [-0.4, -0.2) is 53.7 Å². The second-order valence-corrected chi connectivity index (χ2v) is 4.12. The summed E-state index contributed by atoms with van der Waals surface area (Å²) in [6.07, 6.45) is 3.29. The zero-order chi connectivity index (χ0) is 17.0. The van der Waals surface area contributed by atoms with Crippen molar-refractivity contribution in [3.63, 3.8) is 0 Å². The monoisotopic (exact) mass is 309 g/mol. The Morgan fingerprint density at radius 3 is 2.64 bits per heavy atom. The number of hydrogen-bond donors (Lipinski definition) is 2. The third-order valence-electron chi connectivity index (χ3n) is 2.97. The van der Waals surface area contributed by atoms with Crippen molar-refractivity contribution < 1.29 is 14.6 Å². The zero-order valence-electron chi connectivity index (χ0n) is 13.1. The van der Waals surface area contributed by atoms with Crippen LogP contribution < -0.4 is 5.73 Å². The lowest BCUT2D eigenvalue weighted by atomic mass is 10.1. The first kappa shape index (κ1) is 19.8. The van der Waals surface area contributed by atoms with Crippen molar-refractivity contribution in [3.05, 3.63) is 24.2 Å². The number of nitrogens with two attached hydrogens (primary N) is 1. The normalized spacial score (nSPS) is 11.0. The van der Waals surface area contributed by atoms with Crippen molar-refractivity contribution >= 4 is 11.3 Å². The van der Waals surface area contributed by atoms with Gasteiger partial charge < -0.3 is 20.3 Å². The lowest BCUT2D eigenvalue weighted by molar-refractivity contribution is 0.0236. The van der Waals surface area contributed by atoms with Gasteiger partial charge in [0.25, 0.3) is 0 Å². The molecule has 0 radical (unpaired) electrons. The molecule has 0 spiro atoms. The second-order valence-electron chi connectivity index (χ2n) is 4.12. The van der Waals surface area contributed by atoms with Crippen molar-refractivity contribution in [2.24, 2.45) is 0 Å². The summed E-state index contributed by atoms with van der Waals surface area (Å²) in [5, 5.41) is 17.7. The molecule has 0 aliphatic heterocycles. The average Bonchev–Trinajstić information content (AvgIpc) is 3.00. The number of nitriles is 1. The predicted molar refractivity (Wildman–Crippen MR) is 83.2 cm³/mol. The third kappa shape index (κ3) is 5.29. The van der Waals surface area contributed by atoms with Crippen LogP contribution in [0.15, 0.2) is 18.5 Å². The van der Waals surface area contributed by atoms with Gasteiger partial charge in [0.05, 0.1) is 12.7 Å². The Morgan fingerprint density at radius 2 is 2.05 bits per heavy atom. The molecular formula is C14H23N5O3. The van der Waals surface area contributed by atoms with E-state index in [0.717, 1.165) is 31.2 Å². The van der Waals surface area contributed by atoms with Gasteiger partial charge in [0.15, 0.2) is 5.82 Å². The Kier molecular flexibility index (Phi) is 10.3. The first-order chi connectivity index (χ1) is 10.8. The fourth-order valence-corrected chi connectivity index (χ4v) is 1.96. The van der Waals surface area contributed by atoms with Crippen LogP contribution in [0.3, 0.4) is 0 Å². The molecule has 0 amide bonds. The van der Waals surface area contributed by atoms with Gasteiger partial charge in [-0.3, -0.25) is 0 Å². The standard InChI is InChI=1S/C12H18N4O2.CHN.CH4O/c1-17-7-10(18-2)5-3-9-4-6-11-12(13)14-8-15-16(9)11;2*1-2/h4,6,8,10H,3,5,7H2,1-2H3,(H2,13,14,15);1H;2H,1H3. The Morgan fingerprint density at radius 1 is 1.36 bits per heavy atom. The largest absolute Gasteiger partial charge is 0.400 e. The number of methoxy groups -OCH3 is 2. The fraction of sp³-hybridized carbons (Fsp3) is 0.500. The summed E-state index contributed by atoms with van der Waals surface area (Å²) in [6, 6.07) is 3.95. The minimum absolute atomic E-state index is 0.0970. The van der Waals surface area contributed by atoms with Crippen LogP contribution in [0.25, 0.3) is 5.52 Å². The molecule has 22 heavy (non-hydrogen) atoms. The Hall–Kier alpha value is -2.21. The number of anilines is 1.